The molecule has 1 aromatic carbocycles. The molecule has 0 unspecified atom stereocenters. The molecule has 0 spiro atoms. The first-order valence-electron chi connectivity index (χ1n) is 7.53. The Labute approximate surface area is 139 Å². The number of nitrogen functional groups attached to an aromatic ring is 1. The van der Waals surface area contributed by atoms with Crippen molar-refractivity contribution < 1.29 is 19.1 Å². The minimum atomic E-state index is -0.503. The van der Waals surface area contributed by atoms with Gasteiger partial charge in [0.25, 0.3) is 5.91 Å². The predicted octanol–water partition coefficient (Wildman–Crippen LogP) is 1.18. The van der Waals surface area contributed by atoms with Crippen molar-refractivity contribution in [2.45, 2.75) is 6.42 Å². The van der Waals surface area contributed by atoms with Crippen molar-refractivity contribution in [1.29, 1.82) is 0 Å². The van der Waals surface area contributed by atoms with Gasteiger partial charge in [0.1, 0.15) is 12.4 Å². The van der Waals surface area contributed by atoms with Crippen LogP contribution >= 0.6 is 0 Å². The Hall–Kier alpha value is -3.09. The van der Waals surface area contributed by atoms with Crippen LogP contribution < -0.4 is 15.4 Å². The van der Waals surface area contributed by atoms with Gasteiger partial charge in [0.05, 0.1) is 6.61 Å². The Balaban J connectivity index is 1.60. The monoisotopic (exact) mass is 327 g/mol. The summed E-state index contributed by atoms with van der Waals surface area (Å²) in [6.07, 6.45) is 0.616. The summed E-state index contributed by atoms with van der Waals surface area (Å²) in [6, 6.07) is 12.9. The fourth-order valence-corrected chi connectivity index (χ4v) is 2.36. The first kappa shape index (κ1) is 15.8. The number of nitrogens with two attached hydrogens (primary N) is 1. The van der Waals surface area contributed by atoms with Crippen molar-refractivity contribution in [3.05, 3.63) is 48.0 Å². The van der Waals surface area contributed by atoms with Crippen LogP contribution in [0.15, 0.2) is 42.5 Å². The molecule has 1 aliphatic rings. The number of ether oxygens (including phenoxy) is 2. The summed E-state index contributed by atoms with van der Waals surface area (Å²) in [4.78, 5) is 29.3. The average Bonchev–Trinajstić information content (AvgIpc) is 2.58. The van der Waals surface area contributed by atoms with E-state index in [9.17, 15) is 9.59 Å². The topological polar surface area (TPSA) is 94.8 Å². The van der Waals surface area contributed by atoms with Gasteiger partial charge in [0.15, 0.2) is 18.2 Å². The molecule has 2 heterocycles. The maximum absolute atomic E-state index is 12.0. The number of hydrogen-bond acceptors (Lipinski definition) is 6. The van der Waals surface area contributed by atoms with Crippen molar-refractivity contribution in [3.8, 4) is 5.75 Å². The van der Waals surface area contributed by atoms with Gasteiger partial charge >= 0.3 is 5.97 Å². The number of pyridine rings is 1. The number of carbonyl (C=O) groups excluding carboxylic acids is 2. The van der Waals surface area contributed by atoms with Crippen LogP contribution in [0.3, 0.4) is 0 Å². The number of rotatable bonds is 5. The van der Waals surface area contributed by atoms with Gasteiger partial charge in [-0.15, -0.1) is 0 Å². The van der Waals surface area contributed by atoms with E-state index in [-0.39, 0.29) is 37.3 Å². The summed E-state index contributed by atoms with van der Waals surface area (Å²) in [5.74, 6) is 0.0404. The molecule has 3 rings (SSSR count). The second-order valence-corrected chi connectivity index (χ2v) is 5.28. The largest absolute Gasteiger partial charge is 0.480 e. The smallest absolute Gasteiger partial charge is 0.326 e. The standard InChI is InChI=1S/C17H17N3O4/c18-14-7-6-13-17(19-14)20(15(21)11-24-13)10-16(22)23-9-8-12-4-2-1-3-5-12/h1-7H,8-11H2,(H2,18,19). The molecule has 0 bridgehead atoms. The maximum atomic E-state index is 12.0. The van der Waals surface area contributed by atoms with E-state index in [1.807, 2.05) is 30.3 Å². The van der Waals surface area contributed by atoms with Gasteiger partial charge in [-0.25, -0.2) is 4.98 Å². The van der Waals surface area contributed by atoms with Crippen molar-refractivity contribution in [2.75, 3.05) is 30.4 Å². The molecular formula is C17H17N3O4. The Bertz CT molecular complexity index is 749. The Morgan fingerprint density at radius 2 is 2.04 bits per heavy atom. The highest BCUT2D eigenvalue weighted by atomic mass is 16.5. The SMILES string of the molecule is Nc1ccc2c(n1)N(CC(=O)OCCc1ccccc1)C(=O)CO2. The molecule has 0 atom stereocenters. The van der Waals surface area contributed by atoms with Crippen molar-refractivity contribution in [1.82, 2.24) is 4.98 Å². The molecule has 0 radical (unpaired) electrons. The van der Waals surface area contributed by atoms with Crippen LogP contribution in [0, 0.1) is 0 Å². The molecule has 124 valence electrons. The Morgan fingerprint density at radius 1 is 1.25 bits per heavy atom. The molecule has 7 heteroatoms. The first-order chi connectivity index (χ1) is 11.6. The van der Waals surface area contributed by atoms with Crippen LogP contribution in [0.2, 0.25) is 0 Å². The molecule has 0 aliphatic carbocycles. The van der Waals surface area contributed by atoms with E-state index in [1.165, 1.54) is 4.90 Å². The number of aromatic nitrogens is 1. The van der Waals surface area contributed by atoms with Crippen LogP contribution in [0.1, 0.15) is 5.56 Å². The molecular weight excluding hydrogens is 310 g/mol. The van der Waals surface area contributed by atoms with Crippen LogP contribution in [-0.4, -0.2) is 36.6 Å². The van der Waals surface area contributed by atoms with E-state index in [2.05, 4.69) is 4.98 Å². The third kappa shape index (κ3) is 3.62. The lowest BCUT2D eigenvalue weighted by molar-refractivity contribution is -0.143. The first-order valence-corrected chi connectivity index (χ1v) is 7.53. The van der Waals surface area contributed by atoms with Crippen molar-refractivity contribution in [2.24, 2.45) is 0 Å². The summed E-state index contributed by atoms with van der Waals surface area (Å²) < 4.78 is 10.5. The molecule has 1 aliphatic heterocycles. The lowest BCUT2D eigenvalue weighted by atomic mass is 10.2. The van der Waals surface area contributed by atoms with Crippen LogP contribution in [0.25, 0.3) is 0 Å². The molecule has 0 saturated heterocycles. The second kappa shape index (κ2) is 6.99. The van der Waals surface area contributed by atoms with Gasteiger partial charge in [0, 0.05) is 6.42 Å². The lowest BCUT2D eigenvalue weighted by Crippen LogP contribution is -2.43. The maximum Gasteiger partial charge on any atom is 0.326 e. The van der Waals surface area contributed by atoms with Crippen LogP contribution in [-0.2, 0) is 20.7 Å². The third-order valence-corrected chi connectivity index (χ3v) is 3.55. The Kier molecular flexibility index (Phi) is 4.60. The van der Waals surface area contributed by atoms with Gasteiger partial charge in [-0.1, -0.05) is 30.3 Å². The number of carbonyl (C=O) groups is 2. The molecule has 2 aromatic rings. The number of amides is 1. The van der Waals surface area contributed by atoms with Gasteiger partial charge in [-0.05, 0) is 17.7 Å². The molecule has 7 nitrogen and oxygen atoms in total. The van der Waals surface area contributed by atoms with Crippen LogP contribution in [0.5, 0.6) is 5.75 Å². The molecule has 2 N–H and O–H groups in total. The third-order valence-electron chi connectivity index (χ3n) is 3.55. The fraction of sp³-hybridized carbons (Fsp3) is 0.235. The molecule has 0 saturated carbocycles. The second-order valence-electron chi connectivity index (χ2n) is 5.28. The van der Waals surface area contributed by atoms with Gasteiger partial charge in [-0.2, -0.15) is 0 Å². The van der Waals surface area contributed by atoms with E-state index >= 15 is 0 Å². The van der Waals surface area contributed by atoms with Gasteiger partial charge in [0.2, 0.25) is 0 Å². The minimum absolute atomic E-state index is 0.143. The van der Waals surface area contributed by atoms with E-state index < -0.39 is 5.97 Å². The highest BCUT2D eigenvalue weighted by Gasteiger charge is 2.29. The molecule has 0 fully saturated rings. The number of benzene rings is 1. The molecule has 24 heavy (non-hydrogen) atoms. The predicted molar refractivity (Wildman–Crippen MR) is 87.6 cm³/mol. The quantitative estimate of drug-likeness (QED) is 0.829. The summed E-state index contributed by atoms with van der Waals surface area (Å²) in [6.45, 7) is -0.116. The molecule has 1 amide bonds. The number of anilines is 2. The number of fused-ring (bicyclic) bond motifs is 1. The number of esters is 1. The fourth-order valence-electron chi connectivity index (χ4n) is 2.36. The summed E-state index contributed by atoms with van der Waals surface area (Å²) >= 11 is 0. The highest BCUT2D eigenvalue weighted by Crippen LogP contribution is 2.30. The highest BCUT2D eigenvalue weighted by molar-refractivity contribution is 6.00. The Morgan fingerprint density at radius 3 is 2.83 bits per heavy atom. The number of nitrogens with zero attached hydrogens (tertiary/aromatic N) is 2. The average molecular weight is 327 g/mol. The zero-order chi connectivity index (χ0) is 16.9. The zero-order valence-electron chi connectivity index (χ0n) is 13.0. The van der Waals surface area contributed by atoms with E-state index in [0.29, 0.717) is 12.2 Å². The zero-order valence-corrected chi connectivity index (χ0v) is 13.0. The number of hydrogen-bond donors (Lipinski definition) is 1. The van der Waals surface area contributed by atoms with Crippen molar-refractivity contribution >= 4 is 23.5 Å². The van der Waals surface area contributed by atoms with E-state index in [4.69, 9.17) is 15.2 Å². The van der Waals surface area contributed by atoms with Gasteiger partial charge < -0.3 is 15.2 Å². The van der Waals surface area contributed by atoms with E-state index in [1.54, 1.807) is 12.1 Å². The van der Waals surface area contributed by atoms with E-state index in [0.717, 1.165) is 5.56 Å². The summed E-state index contributed by atoms with van der Waals surface area (Å²) in [5, 5.41) is 0. The molecule has 1 aromatic heterocycles. The summed E-state index contributed by atoms with van der Waals surface area (Å²) in [5.41, 5.74) is 6.72. The minimum Gasteiger partial charge on any atom is -0.480 e. The summed E-state index contributed by atoms with van der Waals surface area (Å²) in [7, 11) is 0. The van der Waals surface area contributed by atoms with Crippen molar-refractivity contribution in [3.63, 3.8) is 0 Å². The van der Waals surface area contributed by atoms with Crippen LogP contribution in [0.4, 0.5) is 11.6 Å². The van der Waals surface area contributed by atoms with Gasteiger partial charge in [-0.3, -0.25) is 14.5 Å². The normalized spacial score (nSPS) is 13.2. The lowest BCUT2D eigenvalue weighted by Gasteiger charge is -2.27.